The van der Waals surface area contributed by atoms with Gasteiger partial charge in [0.25, 0.3) is 0 Å². The van der Waals surface area contributed by atoms with E-state index in [-0.39, 0.29) is 18.6 Å². The Kier molecular flexibility index (Phi) is 4.41. The van der Waals surface area contributed by atoms with Crippen LogP contribution in [0.3, 0.4) is 0 Å². The summed E-state index contributed by atoms with van der Waals surface area (Å²) in [6.07, 6.45) is 0. The lowest BCUT2D eigenvalue weighted by atomic mass is 10.0. The summed E-state index contributed by atoms with van der Waals surface area (Å²) in [5.41, 5.74) is 4.21. The molecule has 4 aromatic rings. The number of esters is 1. The van der Waals surface area contributed by atoms with Crippen molar-refractivity contribution in [3.05, 3.63) is 93.8 Å². The molecule has 0 unspecified atom stereocenters. The van der Waals surface area contributed by atoms with Crippen LogP contribution in [0, 0.1) is 0 Å². The number of hydrogen-bond acceptors (Lipinski definition) is 5. The highest BCUT2D eigenvalue weighted by Crippen LogP contribution is 2.41. The number of imidazole rings is 1. The third kappa shape index (κ3) is 3.11. The van der Waals surface area contributed by atoms with Gasteiger partial charge in [-0.25, -0.2) is 9.78 Å². The maximum atomic E-state index is 13.2. The lowest BCUT2D eigenvalue weighted by molar-refractivity contribution is -0.140. The van der Waals surface area contributed by atoms with Crippen molar-refractivity contribution in [2.24, 2.45) is 0 Å². The molecule has 0 saturated carbocycles. The van der Waals surface area contributed by atoms with Crippen molar-refractivity contribution < 1.29 is 9.53 Å². The number of benzene rings is 2. The lowest BCUT2D eigenvalue weighted by Gasteiger charge is -2.29. The van der Waals surface area contributed by atoms with Gasteiger partial charge in [-0.15, -0.1) is 11.3 Å². The van der Waals surface area contributed by atoms with Gasteiger partial charge in [-0.1, -0.05) is 48.5 Å². The Morgan fingerprint density at radius 1 is 1.10 bits per heavy atom. The number of carbonyl (C=O) groups excluding carboxylic acids is 1. The van der Waals surface area contributed by atoms with Crippen molar-refractivity contribution >= 4 is 34.3 Å². The van der Waals surface area contributed by atoms with Gasteiger partial charge in [0.05, 0.1) is 16.6 Å². The fraction of sp³-hybridized carbons (Fsp3) is 0.130. The SMILES string of the molecule is CC1=C(C(=O)OCc2ccccc2)[C@H](c2cccs2)n2c(nc3ccccc32)N1. The van der Waals surface area contributed by atoms with Gasteiger partial charge in [0.15, 0.2) is 0 Å². The van der Waals surface area contributed by atoms with Gasteiger partial charge in [0, 0.05) is 10.6 Å². The van der Waals surface area contributed by atoms with E-state index in [1.165, 1.54) is 0 Å². The minimum Gasteiger partial charge on any atom is -0.457 e. The van der Waals surface area contributed by atoms with Crippen molar-refractivity contribution in [3.63, 3.8) is 0 Å². The molecule has 144 valence electrons. The molecule has 2 aromatic heterocycles. The van der Waals surface area contributed by atoms with Gasteiger partial charge in [-0.2, -0.15) is 0 Å². The first-order chi connectivity index (χ1) is 14.2. The predicted octanol–water partition coefficient (Wildman–Crippen LogP) is 5.13. The highest BCUT2D eigenvalue weighted by molar-refractivity contribution is 7.10. The molecule has 1 N–H and O–H groups in total. The highest BCUT2D eigenvalue weighted by Gasteiger charge is 2.35. The van der Waals surface area contributed by atoms with Crippen LogP contribution in [0.4, 0.5) is 5.95 Å². The second-order valence-electron chi connectivity index (χ2n) is 6.94. The molecule has 5 rings (SSSR count). The zero-order valence-corrected chi connectivity index (χ0v) is 16.6. The second kappa shape index (κ2) is 7.22. The van der Waals surface area contributed by atoms with Crippen molar-refractivity contribution in [3.8, 4) is 0 Å². The van der Waals surface area contributed by atoms with Crippen LogP contribution >= 0.6 is 11.3 Å². The summed E-state index contributed by atoms with van der Waals surface area (Å²) in [5, 5.41) is 5.33. The Morgan fingerprint density at radius 3 is 2.69 bits per heavy atom. The number of thiophene rings is 1. The largest absolute Gasteiger partial charge is 0.457 e. The zero-order valence-electron chi connectivity index (χ0n) is 15.8. The molecule has 0 bridgehead atoms. The highest BCUT2D eigenvalue weighted by atomic mass is 32.1. The summed E-state index contributed by atoms with van der Waals surface area (Å²) in [4.78, 5) is 19.0. The number of hydrogen-bond donors (Lipinski definition) is 1. The molecule has 1 aliphatic heterocycles. The molecule has 0 aliphatic carbocycles. The summed E-state index contributed by atoms with van der Waals surface area (Å²) in [7, 11) is 0. The molecule has 5 nitrogen and oxygen atoms in total. The number of fused-ring (bicyclic) bond motifs is 3. The van der Waals surface area contributed by atoms with Crippen LogP contribution in [0.15, 0.2) is 83.4 Å². The maximum absolute atomic E-state index is 13.2. The van der Waals surface area contributed by atoms with Crippen LogP contribution in [-0.4, -0.2) is 15.5 Å². The zero-order chi connectivity index (χ0) is 19.8. The third-order valence-electron chi connectivity index (χ3n) is 5.08. The Balaban J connectivity index is 1.57. The van der Waals surface area contributed by atoms with E-state index in [0.717, 1.165) is 33.1 Å². The number of nitrogens with zero attached hydrogens (tertiary/aromatic N) is 2. The number of para-hydroxylation sites is 2. The molecule has 29 heavy (non-hydrogen) atoms. The van der Waals surface area contributed by atoms with Crippen molar-refractivity contribution in [2.75, 3.05) is 5.32 Å². The van der Waals surface area contributed by atoms with Crippen LogP contribution in [0.5, 0.6) is 0 Å². The lowest BCUT2D eigenvalue weighted by Crippen LogP contribution is -2.28. The molecule has 1 atom stereocenters. The Labute approximate surface area is 172 Å². The van der Waals surface area contributed by atoms with Crippen molar-refractivity contribution in [2.45, 2.75) is 19.6 Å². The molecule has 0 spiro atoms. The smallest absolute Gasteiger partial charge is 0.338 e. The predicted molar refractivity (Wildman–Crippen MR) is 115 cm³/mol. The molecule has 0 amide bonds. The molecule has 0 radical (unpaired) electrons. The molecule has 0 saturated heterocycles. The van der Waals surface area contributed by atoms with Crippen molar-refractivity contribution in [1.29, 1.82) is 0 Å². The quantitative estimate of drug-likeness (QED) is 0.482. The topological polar surface area (TPSA) is 56.2 Å². The standard InChI is InChI=1S/C23H19N3O2S/c1-15-20(22(27)28-14-16-8-3-2-4-9-16)21(19-12-7-13-29-19)26-18-11-6-5-10-17(18)25-23(26)24-15/h2-13,21H,14H2,1H3,(H,24,25)/t21-/m0/s1. The van der Waals surface area contributed by atoms with E-state index < -0.39 is 0 Å². The first-order valence-electron chi connectivity index (χ1n) is 9.41. The van der Waals surface area contributed by atoms with Gasteiger partial charge in [0.1, 0.15) is 12.6 Å². The van der Waals surface area contributed by atoms with E-state index in [1.54, 1.807) is 11.3 Å². The average molecular weight is 401 g/mol. The van der Waals surface area contributed by atoms with Crippen LogP contribution in [0.2, 0.25) is 0 Å². The number of rotatable bonds is 4. The first kappa shape index (κ1) is 17.7. The summed E-state index contributed by atoms with van der Waals surface area (Å²) in [6, 6.07) is 21.5. The summed E-state index contributed by atoms with van der Waals surface area (Å²) >= 11 is 1.62. The minimum atomic E-state index is -0.319. The van der Waals surface area contributed by atoms with Crippen LogP contribution in [0.1, 0.15) is 23.4 Å². The number of anilines is 1. The van der Waals surface area contributed by atoms with Gasteiger partial charge >= 0.3 is 5.97 Å². The molecule has 1 aliphatic rings. The Hall–Kier alpha value is -3.38. The Bertz CT molecular complexity index is 1210. The van der Waals surface area contributed by atoms with E-state index in [4.69, 9.17) is 9.72 Å². The molecule has 0 fully saturated rings. The van der Waals surface area contributed by atoms with Gasteiger partial charge in [-0.05, 0) is 36.1 Å². The summed E-state index contributed by atoms with van der Waals surface area (Å²) in [5.74, 6) is 0.419. The normalized spacial score (nSPS) is 15.8. The van der Waals surface area contributed by atoms with E-state index in [2.05, 4.69) is 16.0 Å². The minimum absolute atomic E-state index is 0.241. The molecule has 2 aromatic carbocycles. The number of allylic oxidation sites excluding steroid dienone is 1. The average Bonchev–Trinajstić information content (AvgIpc) is 3.39. The number of nitrogens with one attached hydrogen (secondary N) is 1. The Morgan fingerprint density at radius 2 is 1.90 bits per heavy atom. The van der Waals surface area contributed by atoms with Crippen LogP contribution in [-0.2, 0) is 16.1 Å². The molecule has 3 heterocycles. The number of carbonyl (C=O) groups is 1. The number of ether oxygens (including phenoxy) is 1. The molecular formula is C23H19N3O2S. The third-order valence-corrected chi connectivity index (χ3v) is 6.00. The van der Waals surface area contributed by atoms with E-state index in [1.807, 2.05) is 73.0 Å². The van der Waals surface area contributed by atoms with E-state index >= 15 is 0 Å². The van der Waals surface area contributed by atoms with E-state index in [9.17, 15) is 4.79 Å². The number of aromatic nitrogens is 2. The second-order valence-corrected chi connectivity index (χ2v) is 7.92. The molecular weight excluding hydrogens is 382 g/mol. The monoisotopic (exact) mass is 401 g/mol. The van der Waals surface area contributed by atoms with Gasteiger partial charge < -0.3 is 10.1 Å². The van der Waals surface area contributed by atoms with Crippen LogP contribution in [0.25, 0.3) is 11.0 Å². The van der Waals surface area contributed by atoms with Gasteiger partial charge in [0.2, 0.25) is 5.95 Å². The summed E-state index contributed by atoms with van der Waals surface area (Å²) in [6.45, 7) is 2.15. The first-order valence-corrected chi connectivity index (χ1v) is 10.3. The van der Waals surface area contributed by atoms with E-state index in [0.29, 0.717) is 5.57 Å². The molecule has 6 heteroatoms. The fourth-order valence-electron chi connectivity index (χ4n) is 3.75. The summed E-state index contributed by atoms with van der Waals surface area (Å²) < 4.78 is 7.79. The maximum Gasteiger partial charge on any atom is 0.338 e. The van der Waals surface area contributed by atoms with Gasteiger partial charge in [-0.3, -0.25) is 4.57 Å². The van der Waals surface area contributed by atoms with Crippen LogP contribution < -0.4 is 5.32 Å². The fourth-order valence-corrected chi connectivity index (χ4v) is 4.57. The van der Waals surface area contributed by atoms with Crippen molar-refractivity contribution in [1.82, 2.24) is 9.55 Å².